The third-order valence-corrected chi connectivity index (χ3v) is 5.66. The molecule has 0 radical (unpaired) electrons. The van der Waals surface area contributed by atoms with Gasteiger partial charge in [-0.2, -0.15) is 0 Å². The molecule has 0 saturated carbocycles. The Bertz CT molecular complexity index is 1340. The van der Waals surface area contributed by atoms with Gasteiger partial charge in [0.2, 0.25) is 5.91 Å². The van der Waals surface area contributed by atoms with E-state index in [1.54, 1.807) is 29.3 Å². The fourth-order valence-electron chi connectivity index (χ4n) is 4.10. The van der Waals surface area contributed by atoms with E-state index >= 15 is 0 Å². The van der Waals surface area contributed by atoms with Gasteiger partial charge in [-0.3, -0.25) is 23.5 Å². The van der Waals surface area contributed by atoms with Crippen LogP contribution in [0.2, 0.25) is 0 Å². The van der Waals surface area contributed by atoms with Gasteiger partial charge in [0.25, 0.3) is 11.5 Å². The van der Waals surface area contributed by atoms with Crippen molar-refractivity contribution in [2.45, 2.75) is 32.9 Å². The average Bonchev–Trinajstić information content (AvgIpc) is 3.33. The third-order valence-electron chi connectivity index (χ3n) is 5.66. The van der Waals surface area contributed by atoms with E-state index in [1.165, 1.54) is 17.9 Å². The maximum absolute atomic E-state index is 13.4. The molecule has 11 heteroatoms. The number of amides is 2. The Labute approximate surface area is 195 Å². The van der Waals surface area contributed by atoms with Crippen LogP contribution < -0.4 is 21.5 Å². The molecule has 34 heavy (non-hydrogen) atoms. The van der Waals surface area contributed by atoms with E-state index in [2.05, 4.69) is 10.3 Å². The molecule has 0 spiro atoms. The van der Waals surface area contributed by atoms with E-state index in [1.807, 2.05) is 25.7 Å². The molecule has 0 bridgehead atoms. The molecule has 1 fully saturated rings. The van der Waals surface area contributed by atoms with Crippen molar-refractivity contribution in [1.82, 2.24) is 24.3 Å². The van der Waals surface area contributed by atoms with E-state index in [9.17, 15) is 19.2 Å². The van der Waals surface area contributed by atoms with Gasteiger partial charge in [-0.05, 0) is 39.0 Å². The van der Waals surface area contributed by atoms with Crippen LogP contribution in [-0.4, -0.2) is 62.6 Å². The Morgan fingerprint density at radius 2 is 1.82 bits per heavy atom. The van der Waals surface area contributed by atoms with Crippen LogP contribution in [0.5, 0.6) is 0 Å². The molecule has 2 amide bonds. The number of piperazine rings is 1. The van der Waals surface area contributed by atoms with E-state index in [0.717, 1.165) is 4.57 Å². The van der Waals surface area contributed by atoms with Crippen LogP contribution in [0.1, 0.15) is 31.3 Å². The zero-order valence-electron chi connectivity index (χ0n) is 19.7. The van der Waals surface area contributed by atoms with Crippen molar-refractivity contribution in [3.63, 3.8) is 0 Å². The highest BCUT2D eigenvalue weighted by molar-refractivity contribution is 5.92. The highest BCUT2D eigenvalue weighted by Gasteiger charge is 2.26. The van der Waals surface area contributed by atoms with E-state index in [4.69, 9.17) is 4.42 Å². The van der Waals surface area contributed by atoms with Crippen LogP contribution in [0.3, 0.4) is 0 Å². The van der Waals surface area contributed by atoms with Crippen molar-refractivity contribution in [3.05, 3.63) is 57.3 Å². The number of hydrogen-bond acceptors (Lipinski definition) is 7. The van der Waals surface area contributed by atoms with Crippen molar-refractivity contribution in [2.24, 2.45) is 7.05 Å². The van der Waals surface area contributed by atoms with Crippen LogP contribution in [0, 0.1) is 0 Å². The lowest BCUT2D eigenvalue weighted by Crippen LogP contribution is -2.50. The van der Waals surface area contributed by atoms with Crippen molar-refractivity contribution in [2.75, 3.05) is 31.1 Å². The van der Waals surface area contributed by atoms with Crippen LogP contribution in [-0.2, 0) is 18.4 Å². The summed E-state index contributed by atoms with van der Waals surface area (Å²) in [6.07, 6.45) is 3.01. The normalized spacial score (nSPS) is 14.5. The average molecular weight is 469 g/mol. The molecule has 0 unspecified atom stereocenters. The molecular weight excluding hydrogens is 440 g/mol. The molecular formula is C23H28N6O5. The minimum absolute atomic E-state index is 0.182. The Balaban J connectivity index is 1.66. The van der Waals surface area contributed by atoms with Crippen LogP contribution in [0.4, 0.5) is 5.69 Å². The third kappa shape index (κ3) is 4.45. The number of fused-ring (bicyclic) bond motifs is 1. The van der Waals surface area contributed by atoms with Crippen molar-refractivity contribution in [3.8, 4) is 0 Å². The smallest absolute Gasteiger partial charge is 0.332 e. The van der Waals surface area contributed by atoms with Gasteiger partial charge in [0, 0.05) is 45.0 Å². The molecule has 1 N–H and O–H groups in total. The number of pyridine rings is 1. The summed E-state index contributed by atoms with van der Waals surface area (Å²) in [5, 5.41) is 3.04. The molecule has 11 nitrogen and oxygen atoms in total. The quantitative estimate of drug-likeness (QED) is 0.594. The minimum atomic E-state index is -0.611. The molecule has 3 aromatic rings. The van der Waals surface area contributed by atoms with Gasteiger partial charge in [-0.25, -0.2) is 9.78 Å². The molecule has 3 aromatic heterocycles. The molecule has 1 aliphatic heterocycles. The number of hydrogen-bond donors (Lipinski definition) is 1. The topological polar surface area (TPSA) is 123 Å². The van der Waals surface area contributed by atoms with Crippen LogP contribution in [0.25, 0.3) is 11.0 Å². The molecule has 4 heterocycles. The summed E-state index contributed by atoms with van der Waals surface area (Å²) >= 11 is 0. The standard InChI is InChI=1S/C23H28N6O5/c1-23(2,3)25-17(30)14-29-21(32)18-15(7-8-24-19(18)26(4)22(29)33)27-9-11-28(12-10-27)20(31)16-6-5-13-34-16/h5-8,13H,9-12,14H2,1-4H3,(H,25,30). The summed E-state index contributed by atoms with van der Waals surface area (Å²) < 4.78 is 7.43. The first-order valence-electron chi connectivity index (χ1n) is 11.0. The fourth-order valence-corrected chi connectivity index (χ4v) is 4.10. The lowest BCUT2D eigenvalue weighted by Gasteiger charge is -2.36. The Morgan fingerprint density at radius 1 is 1.12 bits per heavy atom. The molecule has 0 atom stereocenters. The fraction of sp³-hybridized carbons (Fsp3) is 0.435. The first kappa shape index (κ1) is 23.3. The number of anilines is 1. The van der Waals surface area contributed by atoms with Gasteiger partial charge in [-0.1, -0.05) is 0 Å². The lowest BCUT2D eigenvalue weighted by atomic mass is 10.1. The molecule has 1 saturated heterocycles. The number of nitrogens with zero attached hydrogens (tertiary/aromatic N) is 5. The van der Waals surface area contributed by atoms with Crippen molar-refractivity contribution in [1.29, 1.82) is 0 Å². The van der Waals surface area contributed by atoms with Gasteiger partial charge in [0.15, 0.2) is 11.4 Å². The van der Waals surface area contributed by atoms with Gasteiger partial charge < -0.3 is 19.5 Å². The van der Waals surface area contributed by atoms with E-state index in [0.29, 0.717) is 31.9 Å². The van der Waals surface area contributed by atoms with Crippen LogP contribution >= 0.6 is 0 Å². The predicted octanol–water partition coefficient (Wildman–Crippen LogP) is 0.565. The second-order valence-corrected chi connectivity index (χ2v) is 9.32. The molecule has 0 aromatic carbocycles. The summed E-state index contributed by atoms with van der Waals surface area (Å²) in [5.41, 5.74) is -0.823. The number of carbonyl (C=O) groups excluding carboxylic acids is 2. The van der Waals surface area contributed by atoms with Gasteiger partial charge in [-0.15, -0.1) is 0 Å². The van der Waals surface area contributed by atoms with Gasteiger partial charge in [0.1, 0.15) is 11.9 Å². The Morgan fingerprint density at radius 3 is 2.44 bits per heavy atom. The van der Waals surface area contributed by atoms with Crippen molar-refractivity contribution < 1.29 is 14.0 Å². The van der Waals surface area contributed by atoms with Crippen LogP contribution in [0.15, 0.2) is 44.7 Å². The predicted molar refractivity (Wildman–Crippen MR) is 126 cm³/mol. The number of carbonyl (C=O) groups is 2. The second-order valence-electron chi connectivity index (χ2n) is 9.32. The van der Waals surface area contributed by atoms with Crippen molar-refractivity contribution >= 4 is 28.5 Å². The highest BCUT2D eigenvalue weighted by Crippen LogP contribution is 2.23. The van der Waals surface area contributed by atoms with Gasteiger partial charge >= 0.3 is 5.69 Å². The maximum Gasteiger partial charge on any atom is 0.332 e. The summed E-state index contributed by atoms with van der Waals surface area (Å²) in [4.78, 5) is 59.3. The summed E-state index contributed by atoms with van der Waals surface area (Å²) in [7, 11) is 1.53. The minimum Gasteiger partial charge on any atom is -0.459 e. The highest BCUT2D eigenvalue weighted by atomic mass is 16.3. The first-order valence-corrected chi connectivity index (χ1v) is 11.0. The van der Waals surface area contributed by atoms with E-state index < -0.39 is 29.2 Å². The summed E-state index contributed by atoms with van der Waals surface area (Å²) in [6.45, 7) is 6.93. The lowest BCUT2D eigenvalue weighted by molar-refractivity contribution is -0.123. The second kappa shape index (κ2) is 8.81. The monoisotopic (exact) mass is 468 g/mol. The zero-order chi connectivity index (χ0) is 24.6. The SMILES string of the molecule is Cn1c(=O)n(CC(=O)NC(C)(C)C)c(=O)c2c(N3CCN(C(=O)c4ccco4)CC3)ccnc21. The maximum atomic E-state index is 13.4. The number of rotatable bonds is 4. The van der Waals surface area contributed by atoms with Gasteiger partial charge in [0.05, 0.1) is 12.0 Å². The number of aromatic nitrogens is 3. The molecule has 1 aliphatic rings. The number of aryl methyl sites for hydroxylation is 1. The first-order chi connectivity index (χ1) is 16.1. The van der Waals surface area contributed by atoms with E-state index in [-0.39, 0.29) is 22.7 Å². The molecule has 0 aliphatic carbocycles. The summed E-state index contributed by atoms with van der Waals surface area (Å²) in [6, 6.07) is 5.02. The number of nitrogens with one attached hydrogen (secondary N) is 1. The Kier molecular flexibility index (Phi) is 6.03. The molecule has 180 valence electrons. The largest absolute Gasteiger partial charge is 0.459 e. The summed E-state index contributed by atoms with van der Waals surface area (Å²) in [5.74, 6) is -0.324. The number of furan rings is 1. The Hall–Kier alpha value is -3.89. The zero-order valence-corrected chi connectivity index (χ0v) is 19.7. The molecule has 4 rings (SSSR count).